The van der Waals surface area contributed by atoms with E-state index in [2.05, 4.69) is 47.6 Å². The van der Waals surface area contributed by atoms with Crippen LogP contribution in [0, 0.1) is 20.8 Å². The Hall–Kier alpha value is -3.00. The summed E-state index contributed by atoms with van der Waals surface area (Å²) in [5.41, 5.74) is 3.92. The first kappa shape index (κ1) is 22.7. The number of aromatic nitrogens is 2. The van der Waals surface area contributed by atoms with Gasteiger partial charge in [-0.15, -0.1) is 5.10 Å². The van der Waals surface area contributed by atoms with Crippen LogP contribution >= 0.6 is 12.2 Å². The van der Waals surface area contributed by atoms with E-state index in [0.29, 0.717) is 22.8 Å². The molecule has 0 aliphatic rings. The van der Waals surface area contributed by atoms with Gasteiger partial charge in [0, 0.05) is 6.54 Å². The second-order valence-electron chi connectivity index (χ2n) is 7.27. The van der Waals surface area contributed by atoms with Crippen LogP contribution in [0.3, 0.4) is 0 Å². The van der Waals surface area contributed by atoms with Crippen molar-refractivity contribution >= 4 is 17.2 Å². The Kier molecular flexibility index (Phi) is 6.90. The molecule has 3 rings (SSSR count). The van der Waals surface area contributed by atoms with E-state index in [-0.39, 0.29) is 11.6 Å². The van der Waals surface area contributed by atoms with Crippen LogP contribution in [0.4, 0.5) is 13.2 Å². The summed E-state index contributed by atoms with van der Waals surface area (Å²) in [6.45, 7) is 6.46. The highest BCUT2D eigenvalue weighted by molar-refractivity contribution is 7.80. The minimum absolute atomic E-state index is 0.00677. The standard InChI is InChI=1S/C23H22F3N3OS/c1-14-7-8-17(15(2)11-14)9-10-27-22(31)20-12-16(3)28-29-21(20)30-19-6-4-5-18(13-19)23(24,25)26/h4-8,11-13H,9-10H2,1-3H3,(H,27,31). The summed E-state index contributed by atoms with van der Waals surface area (Å²) in [6.07, 6.45) is -3.69. The van der Waals surface area contributed by atoms with E-state index in [1.807, 2.05) is 0 Å². The molecule has 1 aromatic heterocycles. The number of hydrogen-bond donors (Lipinski definition) is 1. The summed E-state index contributed by atoms with van der Waals surface area (Å²) < 4.78 is 44.6. The van der Waals surface area contributed by atoms with Crippen molar-refractivity contribution in [1.82, 2.24) is 15.5 Å². The molecule has 4 nitrogen and oxygen atoms in total. The first-order chi connectivity index (χ1) is 14.6. The Morgan fingerprint density at radius 2 is 1.81 bits per heavy atom. The lowest BCUT2D eigenvalue weighted by Gasteiger charge is -2.14. The van der Waals surface area contributed by atoms with Crippen LogP contribution in [0.5, 0.6) is 11.6 Å². The van der Waals surface area contributed by atoms with Gasteiger partial charge in [0.2, 0.25) is 5.88 Å². The number of hydrogen-bond acceptors (Lipinski definition) is 4. The number of alkyl halides is 3. The Balaban J connectivity index is 1.74. The first-order valence-electron chi connectivity index (χ1n) is 9.67. The van der Waals surface area contributed by atoms with Crippen molar-refractivity contribution in [2.75, 3.05) is 6.54 Å². The number of aryl methyl sites for hydroxylation is 3. The zero-order chi connectivity index (χ0) is 22.6. The van der Waals surface area contributed by atoms with Gasteiger partial charge in [-0.1, -0.05) is 42.0 Å². The number of benzene rings is 2. The number of halogens is 3. The molecule has 2 aromatic carbocycles. The molecule has 0 amide bonds. The molecule has 162 valence electrons. The predicted molar refractivity (Wildman–Crippen MR) is 118 cm³/mol. The Morgan fingerprint density at radius 3 is 2.52 bits per heavy atom. The van der Waals surface area contributed by atoms with Crippen molar-refractivity contribution in [3.63, 3.8) is 0 Å². The zero-order valence-corrected chi connectivity index (χ0v) is 18.2. The highest BCUT2D eigenvalue weighted by Gasteiger charge is 2.30. The highest BCUT2D eigenvalue weighted by Crippen LogP contribution is 2.33. The maximum Gasteiger partial charge on any atom is 0.416 e. The molecule has 0 atom stereocenters. The molecule has 3 aromatic rings. The number of ether oxygens (including phenoxy) is 1. The third-order valence-electron chi connectivity index (χ3n) is 4.68. The molecule has 0 aliphatic carbocycles. The highest BCUT2D eigenvalue weighted by atomic mass is 32.1. The minimum Gasteiger partial charge on any atom is -0.437 e. The van der Waals surface area contributed by atoms with Crippen molar-refractivity contribution in [2.24, 2.45) is 0 Å². The fourth-order valence-corrected chi connectivity index (χ4v) is 3.34. The third-order valence-corrected chi connectivity index (χ3v) is 5.04. The van der Waals surface area contributed by atoms with Crippen LogP contribution in [0.1, 0.15) is 33.5 Å². The molecule has 0 unspecified atom stereocenters. The van der Waals surface area contributed by atoms with Crippen molar-refractivity contribution in [1.29, 1.82) is 0 Å². The molecular formula is C23H22F3N3OS. The number of thiocarbonyl (C=S) groups is 1. The molecule has 31 heavy (non-hydrogen) atoms. The van der Waals surface area contributed by atoms with Gasteiger partial charge < -0.3 is 10.1 Å². The van der Waals surface area contributed by atoms with Crippen LogP contribution in [0.15, 0.2) is 48.5 Å². The first-order valence-corrected chi connectivity index (χ1v) is 10.1. The van der Waals surface area contributed by atoms with E-state index in [0.717, 1.165) is 18.6 Å². The van der Waals surface area contributed by atoms with E-state index in [1.54, 1.807) is 13.0 Å². The van der Waals surface area contributed by atoms with E-state index < -0.39 is 11.7 Å². The number of nitrogens with one attached hydrogen (secondary N) is 1. The van der Waals surface area contributed by atoms with Crippen molar-refractivity contribution in [3.8, 4) is 11.6 Å². The van der Waals surface area contributed by atoms with Crippen molar-refractivity contribution in [3.05, 3.63) is 82.0 Å². The molecule has 0 spiro atoms. The second-order valence-corrected chi connectivity index (χ2v) is 7.68. The molecule has 0 fully saturated rings. The molecular weight excluding hydrogens is 423 g/mol. The molecule has 1 N–H and O–H groups in total. The van der Waals surface area contributed by atoms with E-state index in [1.165, 1.54) is 28.8 Å². The van der Waals surface area contributed by atoms with E-state index in [9.17, 15) is 13.2 Å². The van der Waals surface area contributed by atoms with Gasteiger partial charge in [0.1, 0.15) is 10.7 Å². The van der Waals surface area contributed by atoms with Crippen LogP contribution in [-0.4, -0.2) is 21.7 Å². The molecule has 0 saturated heterocycles. The van der Waals surface area contributed by atoms with Crippen LogP contribution in [-0.2, 0) is 12.6 Å². The largest absolute Gasteiger partial charge is 0.437 e. The topological polar surface area (TPSA) is 47.0 Å². The Morgan fingerprint density at radius 1 is 1.03 bits per heavy atom. The van der Waals surface area contributed by atoms with E-state index >= 15 is 0 Å². The van der Waals surface area contributed by atoms with Gasteiger partial charge in [-0.3, -0.25) is 0 Å². The lowest BCUT2D eigenvalue weighted by Crippen LogP contribution is -2.26. The third kappa shape index (κ3) is 6.01. The SMILES string of the molecule is Cc1ccc(CCNC(=S)c2cc(C)nnc2Oc2cccc(C(F)(F)F)c2)c(C)c1. The van der Waals surface area contributed by atoms with Crippen molar-refractivity contribution in [2.45, 2.75) is 33.4 Å². The number of nitrogens with zero attached hydrogens (tertiary/aromatic N) is 2. The minimum atomic E-state index is -4.47. The maximum absolute atomic E-state index is 13.0. The summed E-state index contributed by atoms with van der Waals surface area (Å²) in [5, 5.41) is 11.1. The average molecular weight is 446 g/mol. The monoisotopic (exact) mass is 445 g/mol. The maximum atomic E-state index is 13.0. The normalized spacial score (nSPS) is 11.3. The van der Waals surface area contributed by atoms with Crippen LogP contribution in [0.2, 0.25) is 0 Å². The van der Waals surface area contributed by atoms with Gasteiger partial charge >= 0.3 is 6.18 Å². The Labute approximate surface area is 184 Å². The number of rotatable bonds is 6. The summed E-state index contributed by atoms with van der Waals surface area (Å²) in [5.74, 6) is 0.0567. The molecule has 0 bridgehead atoms. The van der Waals surface area contributed by atoms with Gasteiger partial charge in [-0.05, 0) is 62.6 Å². The lowest BCUT2D eigenvalue weighted by atomic mass is 10.0. The van der Waals surface area contributed by atoms with Gasteiger partial charge in [-0.25, -0.2) is 0 Å². The van der Waals surface area contributed by atoms with Crippen LogP contribution in [0.25, 0.3) is 0 Å². The quantitative estimate of drug-likeness (QED) is 0.492. The second kappa shape index (κ2) is 9.43. The zero-order valence-electron chi connectivity index (χ0n) is 17.4. The van der Waals surface area contributed by atoms with E-state index in [4.69, 9.17) is 17.0 Å². The molecule has 0 radical (unpaired) electrons. The molecule has 1 heterocycles. The van der Waals surface area contributed by atoms with Crippen molar-refractivity contribution < 1.29 is 17.9 Å². The molecule has 0 aliphatic heterocycles. The van der Waals surface area contributed by atoms with Gasteiger partial charge in [-0.2, -0.15) is 18.3 Å². The fraction of sp³-hybridized carbons (Fsp3) is 0.261. The summed E-state index contributed by atoms with van der Waals surface area (Å²) in [6, 6.07) is 12.6. The summed E-state index contributed by atoms with van der Waals surface area (Å²) in [7, 11) is 0. The Bertz CT molecular complexity index is 1100. The van der Waals surface area contributed by atoms with Crippen LogP contribution < -0.4 is 10.1 Å². The lowest BCUT2D eigenvalue weighted by molar-refractivity contribution is -0.137. The smallest absolute Gasteiger partial charge is 0.416 e. The fourth-order valence-electron chi connectivity index (χ4n) is 3.10. The van der Waals surface area contributed by atoms with Gasteiger partial charge in [0.05, 0.1) is 16.8 Å². The van der Waals surface area contributed by atoms with Gasteiger partial charge in [0.15, 0.2) is 0 Å². The summed E-state index contributed by atoms with van der Waals surface area (Å²) in [4.78, 5) is 0.393. The molecule has 0 saturated carbocycles. The predicted octanol–water partition coefficient (Wildman–Crippen LogP) is 5.72. The van der Waals surface area contributed by atoms with Gasteiger partial charge in [0.25, 0.3) is 0 Å². The summed E-state index contributed by atoms with van der Waals surface area (Å²) >= 11 is 5.50. The average Bonchev–Trinajstić information content (AvgIpc) is 2.70. The molecule has 8 heteroatoms.